The van der Waals surface area contributed by atoms with Gasteiger partial charge in [0, 0.05) is 11.3 Å². The molecule has 0 aliphatic carbocycles. The number of nitrogens with zero attached hydrogens (tertiary/aromatic N) is 2. The average Bonchev–Trinajstić information content (AvgIpc) is 3.35. The molecule has 0 saturated heterocycles. The lowest BCUT2D eigenvalue weighted by Crippen LogP contribution is -2.06. The van der Waals surface area contributed by atoms with Gasteiger partial charge in [-0.25, -0.2) is 4.79 Å². The third-order valence-electron chi connectivity index (χ3n) is 4.48. The molecule has 0 unspecified atom stereocenters. The van der Waals surface area contributed by atoms with Crippen LogP contribution in [-0.4, -0.2) is 38.7 Å². The standard InChI is InChI=1S/C24H25N3O6S/c1-29-20-11-17(13-26-27-24(25)34-15-16-7-5-4-6-8-16)12-21(30-2)22(20)32-14-18-9-10-19(33-18)23(28)31-3/h4-13H,14-15H2,1-3H3,(H2,25,27). The number of thioether (sulfide) groups is 1. The number of ether oxygens (including phenoxy) is 4. The lowest BCUT2D eigenvalue weighted by Gasteiger charge is -2.14. The fourth-order valence-corrected chi connectivity index (χ4v) is 3.45. The molecule has 0 saturated carbocycles. The summed E-state index contributed by atoms with van der Waals surface area (Å²) in [6, 6.07) is 16.6. The van der Waals surface area contributed by atoms with Gasteiger partial charge in [-0.2, -0.15) is 5.10 Å². The molecule has 2 N–H and O–H groups in total. The SMILES string of the molecule is COC(=O)c1ccc(COc2c(OC)cc(C=NN=C(N)SCc3ccccc3)cc2OC)o1. The third kappa shape index (κ3) is 6.79. The molecule has 0 radical (unpaired) electrons. The zero-order valence-electron chi connectivity index (χ0n) is 19.0. The van der Waals surface area contributed by atoms with Gasteiger partial charge in [-0.05, 0) is 29.8 Å². The summed E-state index contributed by atoms with van der Waals surface area (Å²) in [5, 5.41) is 8.44. The molecule has 34 heavy (non-hydrogen) atoms. The number of amidine groups is 1. The van der Waals surface area contributed by atoms with Crippen molar-refractivity contribution in [2.45, 2.75) is 12.4 Å². The summed E-state index contributed by atoms with van der Waals surface area (Å²) < 4.78 is 26.8. The Labute approximate surface area is 201 Å². The van der Waals surface area contributed by atoms with Crippen molar-refractivity contribution in [1.82, 2.24) is 0 Å². The van der Waals surface area contributed by atoms with E-state index < -0.39 is 5.97 Å². The molecule has 2 aromatic carbocycles. The molecule has 1 aromatic heterocycles. The Kier molecular flexibility index (Phi) is 8.98. The second-order valence-corrected chi connectivity index (χ2v) is 7.75. The van der Waals surface area contributed by atoms with Crippen LogP contribution in [0, 0.1) is 0 Å². The summed E-state index contributed by atoms with van der Waals surface area (Å²) in [6.45, 7) is 0.0522. The van der Waals surface area contributed by atoms with Gasteiger partial charge in [0.25, 0.3) is 0 Å². The van der Waals surface area contributed by atoms with Crippen LogP contribution in [-0.2, 0) is 17.1 Å². The van der Waals surface area contributed by atoms with E-state index in [1.54, 1.807) is 24.4 Å². The van der Waals surface area contributed by atoms with E-state index in [0.29, 0.717) is 39.5 Å². The maximum absolute atomic E-state index is 11.5. The normalized spacial score (nSPS) is 11.4. The lowest BCUT2D eigenvalue weighted by atomic mass is 10.2. The number of benzene rings is 2. The lowest BCUT2D eigenvalue weighted by molar-refractivity contribution is 0.0560. The van der Waals surface area contributed by atoms with Crippen molar-refractivity contribution in [2.75, 3.05) is 21.3 Å². The molecule has 0 spiro atoms. The molecule has 0 aliphatic rings. The Morgan fingerprint density at radius 1 is 1.06 bits per heavy atom. The highest BCUT2D eigenvalue weighted by molar-refractivity contribution is 8.13. The first-order valence-electron chi connectivity index (χ1n) is 10.1. The van der Waals surface area contributed by atoms with Crippen LogP contribution in [0.4, 0.5) is 0 Å². The molecule has 1 heterocycles. The predicted molar refractivity (Wildman–Crippen MR) is 131 cm³/mol. The minimum atomic E-state index is -0.563. The van der Waals surface area contributed by atoms with E-state index in [2.05, 4.69) is 14.9 Å². The van der Waals surface area contributed by atoms with Gasteiger partial charge in [-0.1, -0.05) is 42.1 Å². The zero-order valence-corrected chi connectivity index (χ0v) is 19.8. The van der Waals surface area contributed by atoms with Crippen molar-refractivity contribution in [2.24, 2.45) is 15.9 Å². The number of hydrogen-bond donors (Lipinski definition) is 1. The Morgan fingerprint density at radius 2 is 1.76 bits per heavy atom. The van der Waals surface area contributed by atoms with E-state index >= 15 is 0 Å². The summed E-state index contributed by atoms with van der Waals surface area (Å²) in [5.74, 6) is 1.90. The maximum atomic E-state index is 11.5. The number of nitrogens with two attached hydrogens (primary N) is 1. The minimum Gasteiger partial charge on any atom is -0.493 e. The van der Waals surface area contributed by atoms with Gasteiger partial charge in [0.15, 0.2) is 16.7 Å². The first kappa shape index (κ1) is 24.7. The fourth-order valence-electron chi connectivity index (χ4n) is 2.84. The second-order valence-electron chi connectivity index (χ2n) is 6.76. The summed E-state index contributed by atoms with van der Waals surface area (Å²) in [5.41, 5.74) is 7.76. The van der Waals surface area contributed by atoms with Gasteiger partial charge >= 0.3 is 5.97 Å². The molecule has 3 rings (SSSR count). The molecule has 9 nitrogen and oxygen atoms in total. The maximum Gasteiger partial charge on any atom is 0.373 e. The molecule has 0 amide bonds. The molecule has 0 fully saturated rings. The fraction of sp³-hybridized carbons (Fsp3) is 0.208. The van der Waals surface area contributed by atoms with E-state index in [1.807, 2.05) is 30.3 Å². The van der Waals surface area contributed by atoms with E-state index in [0.717, 1.165) is 5.56 Å². The topological polar surface area (TPSA) is 118 Å². The summed E-state index contributed by atoms with van der Waals surface area (Å²) in [7, 11) is 4.31. The first-order chi connectivity index (χ1) is 16.5. The second kappa shape index (κ2) is 12.4. The van der Waals surface area contributed by atoms with Crippen molar-refractivity contribution in [3.63, 3.8) is 0 Å². The van der Waals surface area contributed by atoms with Crippen LogP contribution in [0.3, 0.4) is 0 Å². The van der Waals surface area contributed by atoms with E-state index in [1.165, 1.54) is 39.2 Å². The minimum absolute atomic E-state index is 0.0522. The number of esters is 1. The van der Waals surface area contributed by atoms with Gasteiger partial charge in [0.1, 0.15) is 12.4 Å². The summed E-state index contributed by atoms with van der Waals surface area (Å²) in [4.78, 5) is 11.5. The summed E-state index contributed by atoms with van der Waals surface area (Å²) >= 11 is 1.40. The van der Waals surface area contributed by atoms with Crippen LogP contribution in [0.5, 0.6) is 17.2 Å². The molecule has 0 bridgehead atoms. The Morgan fingerprint density at radius 3 is 2.41 bits per heavy atom. The molecule has 0 atom stereocenters. The van der Waals surface area contributed by atoms with Crippen LogP contribution in [0.1, 0.15) is 27.4 Å². The van der Waals surface area contributed by atoms with Crippen molar-refractivity contribution >= 4 is 29.1 Å². The molecular formula is C24H25N3O6S. The van der Waals surface area contributed by atoms with Gasteiger partial charge in [0.05, 0.1) is 27.5 Å². The number of hydrogen-bond acceptors (Lipinski definition) is 9. The number of furan rings is 1. The van der Waals surface area contributed by atoms with E-state index in [4.69, 9.17) is 24.4 Å². The van der Waals surface area contributed by atoms with Gasteiger partial charge in [-0.15, -0.1) is 5.10 Å². The Hall–Kier alpha value is -3.92. The van der Waals surface area contributed by atoms with Crippen molar-refractivity contribution in [1.29, 1.82) is 0 Å². The van der Waals surface area contributed by atoms with Crippen molar-refractivity contribution in [3.8, 4) is 17.2 Å². The molecule has 0 aliphatic heterocycles. The molecule has 10 heteroatoms. The Bertz CT molecular complexity index is 1140. The number of methoxy groups -OCH3 is 3. The van der Waals surface area contributed by atoms with Crippen molar-refractivity contribution < 1.29 is 28.2 Å². The predicted octanol–water partition coefficient (Wildman–Crippen LogP) is 4.24. The smallest absolute Gasteiger partial charge is 0.373 e. The van der Waals surface area contributed by atoms with E-state index in [-0.39, 0.29) is 12.4 Å². The third-order valence-corrected chi connectivity index (χ3v) is 5.34. The Balaban J connectivity index is 1.67. The zero-order chi connectivity index (χ0) is 24.3. The van der Waals surface area contributed by atoms with Crippen LogP contribution in [0.2, 0.25) is 0 Å². The van der Waals surface area contributed by atoms with Crippen LogP contribution < -0.4 is 19.9 Å². The highest BCUT2D eigenvalue weighted by Crippen LogP contribution is 2.38. The van der Waals surface area contributed by atoms with Gasteiger partial charge in [-0.3, -0.25) is 0 Å². The monoisotopic (exact) mass is 483 g/mol. The van der Waals surface area contributed by atoms with Crippen LogP contribution in [0.25, 0.3) is 0 Å². The average molecular weight is 484 g/mol. The van der Waals surface area contributed by atoms with Crippen molar-refractivity contribution in [3.05, 3.63) is 77.2 Å². The number of rotatable bonds is 10. The number of carbonyl (C=O) groups is 1. The first-order valence-corrected chi connectivity index (χ1v) is 11.1. The largest absolute Gasteiger partial charge is 0.493 e. The molecule has 178 valence electrons. The van der Waals surface area contributed by atoms with Crippen LogP contribution >= 0.6 is 11.8 Å². The quantitative estimate of drug-likeness (QED) is 0.197. The molecule has 3 aromatic rings. The van der Waals surface area contributed by atoms with E-state index in [9.17, 15) is 4.79 Å². The summed E-state index contributed by atoms with van der Waals surface area (Å²) in [6.07, 6.45) is 1.54. The van der Waals surface area contributed by atoms with Crippen LogP contribution in [0.15, 0.2) is 69.2 Å². The van der Waals surface area contributed by atoms with Gasteiger partial charge < -0.3 is 29.1 Å². The number of carbonyl (C=O) groups excluding carboxylic acids is 1. The highest BCUT2D eigenvalue weighted by Gasteiger charge is 2.16. The van der Waals surface area contributed by atoms with Gasteiger partial charge in [0.2, 0.25) is 11.5 Å². The molecular weight excluding hydrogens is 458 g/mol. The highest BCUT2D eigenvalue weighted by atomic mass is 32.2.